The predicted octanol–water partition coefficient (Wildman–Crippen LogP) is 34.1. The molecule has 0 amide bonds. The van der Waals surface area contributed by atoms with E-state index in [1.54, 1.807) is 11.3 Å². The molecule has 622 valence electrons. The molecule has 18 aromatic carbocycles. The number of halogens is 2. The van der Waals surface area contributed by atoms with Crippen LogP contribution in [0.1, 0.15) is 108 Å². The number of nitrogens with zero attached hydrogens (tertiary/aromatic N) is 2. The molecule has 0 bridgehead atoms. The average molecular weight is 1690 g/mol. The van der Waals surface area contributed by atoms with Gasteiger partial charge in [-0.2, -0.15) is 0 Å². The van der Waals surface area contributed by atoms with Gasteiger partial charge in [-0.25, -0.2) is 8.78 Å². The van der Waals surface area contributed by atoms with Crippen LogP contribution in [0.25, 0.3) is 99.1 Å². The van der Waals surface area contributed by atoms with Crippen LogP contribution in [0.5, 0.6) is 23.0 Å². The molecule has 0 saturated heterocycles. The third kappa shape index (κ3) is 14.7. The third-order valence-corrected chi connectivity index (χ3v) is 27.3. The van der Waals surface area contributed by atoms with Crippen LogP contribution in [0.15, 0.2) is 426 Å². The lowest BCUT2D eigenvalue weighted by atomic mass is 9.67. The molecule has 0 fully saturated rings. The zero-order valence-electron chi connectivity index (χ0n) is 72.7. The quantitative estimate of drug-likeness (QED) is 0.0759. The molecule has 2 aliphatic carbocycles. The number of hydrogen-bond acceptors (Lipinski definition) is 5. The zero-order chi connectivity index (χ0) is 87.9. The summed E-state index contributed by atoms with van der Waals surface area (Å²) in [7, 11) is 0. The first-order chi connectivity index (χ1) is 62.8. The predicted molar refractivity (Wildman–Crippen MR) is 536 cm³/mol. The largest absolute Gasteiger partial charge is 0.457 e. The molecule has 7 heteroatoms. The van der Waals surface area contributed by atoms with Crippen molar-refractivity contribution in [3.63, 3.8) is 0 Å². The van der Waals surface area contributed by atoms with E-state index in [4.69, 9.17) is 9.47 Å². The first-order valence-corrected chi connectivity index (χ1v) is 44.9. The van der Waals surface area contributed by atoms with Gasteiger partial charge in [-0.1, -0.05) is 322 Å². The van der Waals surface area contributed by atoms with Crippen molar-refractivity contribution in [3.8, 4) is 89.8 Å². The van der Waals surface area contributed by atoms with E-state index in [2.05, 4.69) is 380 Å². The van der Waals surface area contributed by atoms with Crippen LogP contribution in [0.2, 0.25) is 0 Å². The van der Waals surface area contributed by atoms with Crippen LogP contribution in [0.4, 0.5) is 42.9 Å². The fourth-order valence-corrected chi connectivity index (χ4v) is 20.7. The first kappa shape index (κ1) is 80.8. The fraction of sp³-hybridized carbons (Fsp3) is 0.0820. The Hall–Kier alpha value is -15.3. The third-order valence-electron chi connectivity index (χ3n) is 26.2. The topological polar surface area (TPSA) is 24.9 Å². The van der Waals surface area contributed by atoms with Gasteiger partial charge in [0.2, 0.25) is 0 Å². The summed E-state index contributed by atoms with van der Waals surface area (Å²) < 4.78 is 44.1. The normalized spacial score (nSPS) is 14.3. The van der Waals surface area contributed by atoms with Crippen LogP contribution >= 0.6 is 11.3 Å². The molecule has 129 heavy (non-hydrogen) atoms. The molecule has 21 rings (SSSR count). The maximum Gasteiger partial charge on any atom is 0.127 e. The lowest BCUT2D eigenvalue weighted by Gasteiger charge is -2.35. The van der Waals surface area contributed by atoms with Gasteiger partial charge in [-0.05, 0) is 302 Å². The molecule has 2 aliphatic rings. The van der Waals surface area contributed by atoms with Crippen molar-refractivity contribution in [1.29, 1.82) is 0 Å². The van der Waals surface area contributed by atoms with Crippen molar-refractivity contribution in [2.24, 2.45) is 0 Å². The van der Waals surface area contributed by atoms with Crippen LogP contribution in [-0.4, -0.2) is 0 Å². The van der Waals surface area contributed by atoms with Crippen molar-refractivity contribution in [1.82, 2.24) is 0 Å². The Morgan fingerprint density at radius 2 is 0.550 bits per heavy atom. The second kappa shape index (κ2) is 32.6. The molecule has 0 aliphatic heterocycles. The molecule has 0 spiro atoms. The number of benzene rings is 18. The summed E-state index contributed by atoms with van der Waals surface area (Å²) >= 11 is 1.81. The van der Waals surface area contributed by atoms with Gasteiger partial charge in [-0.3, -0.25) is 0 Å². The molecule has 0 saturated carbocycles. The smallest absolute Gasteiger partial charge is 0.127 e. The van der Waals surface area contributed by atoms with Gasteiger partial charge in [0.05, 0.1) is 10.8 Å². The van der Waals surface area contributed by atoms with E-state index < -0.39 is 10.8 Å². The SMILES string of the molecule is C=Cc1ccc(Oc2ccc(C3(c4ccc(C(C)(C)C)cc4)c4ccccc4-c4ccc(N(c5ccc(-c6cccc(-c7ccc(F)cc7)c6)cc5)c5ccc6c(c5)sc5cc(N(c7ccc(-c8cccc(-c9ccc(F)cc9)c8)cc7)c7ccc8c(c7)C(c7ccc(Oc9ccc(C=C)cc9)cc7)(c7ccc(C(C)(C)C)cc7)c7ccccc7-8)ccc56)cc43)cc2)cc1. The number of ether oxygens (including phenoxy) is 2. The second-order valence-corrected chi connectivity index (χ2v) is 37.0. The summed E-state index contributed by atoms with van der Waals surface area (Å²) in [5, 5.41) is 2.31. The molecular formula is C122H92F2N2O2S. The monoisotopic (exact) mass is 1690 g/mol. The highest BCUT2D eigenvalue weighted by Gasteiger charge is 2.49. The highest BCUT2D eigenvalue weighted by molar-refractivity contribution is 7.25. The van der Waals surface area contributed by atoms with Gasteiger partial charge >= 0.3 is 0 Å². The van der Waals surface area contributed by atoms with Crippen molar-refractivity contribution in [3.05, 3.63) is 504 Å². The molecule has 1 heterocycles. The van der Waals surface area contributed by atoms with Gasteiger partial charge in [0, 0.05) is 54.3 Å². The Kier molecular flexibility index (Phi) is 20.4. The van der Waals surface area contributed by atoms with Crippen LogP contribution < -0.4 is 19.3 Å². The van der Waals surface area contributed by atoms with Crippen molar-refractivity contribution in [2.45, 2.75) is 63.2 Å². The van der Waals surface area contributed by atoms with E-state index in [9.17, 15) is 8.78 Å². The Morgan fingerprint density at radius 1 is 0.264 bits per heavy atom. The summed E-state index contributed by atoms with van der Waals surface area (Å²) in [6, 6.07) is 147. The molecule has 2 unspecified atom stereocenters. The Labute approximate surface area is 757 Å². The van der Waals surface area contributed by atoms with E-state index in [1.807, 2.05) is 84.9 Å². The maximum atomic E-state index is 14.3. The molecule has 2 atom stereocenters. The van der Waals surface area contributed by atoms with Crippen LogP contribution in [-0.2, 0) is 21.7 Å². The van der Waals surface area contributed by atoms with Gasteiger partial charge in [0.25, 0.3) is 0 Å². The summed E-state index contributed by atoms with van der Waals surface area (Å²) in [6.45, 7) is 21.6. The highest BCUT2D eigenvalue weighted by Crippen LogP contribution is 2.61. The number of rotatable bonds is 20. The van der Waals surface area contributed by atoms with Crippen LogP contribution in [0.3, 0.4) is 0 Å². The highest BCUT2D eigenvalue weighted by atomic mass is 32.1. The van der Waals surface area contributed by atoms with E-state index in [0.717, 1.165) is 155 Å². The maximum absolute atomic E-state index is 14.3. The van der Waals surface area contributed by atoms with Gasteiger partial charge in [0.15, 0.2) is 0 Å². The number of fused-ring (bicyclic) bond motifs is 9. The Bertz CT molecular complexity index is 7050. The lowest BCUT2D eigenvalue weighted by Crippen LogP contribution is -2.29. The van der Waals surface area contributed by atoms with E-state index in [1.165, 1.54) is 79.9 Å². The first-order valence-electron chi connectivity index (χ1n) is 44.1. The van der Waals surface area contributed by atoms with Crippen molar-refractivity contribution < 1.29 is 18.3 Å². The molecule has 0 radical (unpaired) electrons. The van der Waals surface area contributed by atoms with E-state index >= 15 is 0 Å². The lowest BCUT2D eigenvalue weighted by molar-refractivity contribution is 0.482. The Morgan fingerprint density at radius 3 is 0.884 bits per heavy atom. The molecular weight excluding hydrogens is 1600 g/mol. The standard InChI is InChI=1S/C122H92F2N2O2S/c1-9-79-25-61-103(62-26-79)127-105-65-45-93(46-66-105)121(91-41-37-89(38-42-91)119(3,4)5)113-23-13-11-21-107(113)109-69-57-99(75-115(109)121)125(97-53-33-83(34-54-97)87-19-15-17-85(73-87)81-29-49-95(123)50-30-81)101-59-71-111-112-72-60-102(78-118(112)129-117(111)77-101)126(98-55-35-84(36-56-98)88-20-16-18-86(74-88)82-31-51-96(124)52-32-82)100-58-70-110-108-22-12-14-24-114(108)122(116(110)76-100,92-43-39-90(40-44-92)120(6,7)8)94-47-67-106(68-48-94)128-104-63-27-80(10-2)28-64-104/h9-78H,1-2H2,3-8H3. The van der Waals surface area contributed by atoms with E-state index in [-0.39, 0.29) is 22.5 Å². The Balaban J connectivity index is 0.724. The summed E-state index contributed by atoms with van der Waals surface area (Å²) in [4.78, 5) is 4.86. The number of hydrogen-bond donors (Lipinski definition) is 0. The van der Waals surface area contributed by atoms with Crippen molar-refractivity contribution >= 4 is 77.8 Å². The summed E-state index contributed by atoms with van der Waals surface area (Å²) in [6.07, 6.45) is 3.69. The van der Waals surface area contributed by atoms with Gasteiger partial charge in [-0.15, -0.1) is 11.3 Å². The molecule has 19 aromatic rings. The molecule has 1 aromatic heterocycles. The average Bonchev–Trinajstić information content (AvgIpc) is 1.54. The minimum atomic E-state index is -0.774. The molecule has 0 N–H and O–H groups in total. The number of anilines is 6. The molecule has 4 nitrogen and oxygen atoms in total. The summed E-state index contributed by atoms with van der Waals surface area (Å²) in [5.41, 5.74) is 31.0. The van der Waals surface area contributed by atoms with E-state index in [0.29, 0.717) is 0 Å². The summed E-state index contributed by atoms with van der Waals surface area (Å²) in [5.74, 6) is 2.45. The minimum absolute atomic E-state index is 0.0795. The van der Waals surface area contributed by atoms with Crippen LogP contribution in [0, 0.1) is 11.6 Å². The van der Waals surface area contributed by atoms with Crippen molar-refractivity contribution in [2.75, 3.05) is 9.80 Å². The fourth-order valence-electron chi connectivity index (χ4n) is 19.6. The minimum Gasteiger partial charge on any atom is -0.457 e. The zero-order valence-corrected chi connectivity index (χ0v) is 73.5. The van der Waals surface area contributed by atoms with Gasteiger partial charge in [0.1, 0.15) is 34.6 Å². The second-order valence-electron chi connectivity index (χ2n) is 35.9. The van der Waals surface area contributed by atoms with Gasteiger partial charge < -0.3 is 19.3 Å². The number of thiophene rings is 1.